The lowest BCUT2D eigenvalue weighted by atomic mass is 10.0. The van der Waals surface area contributed by atoms with E-state index in [1.54, 1.807) is 0 Å². The summed E-state index contributed by atoms with van der Waals surface area (Å²) in [6, 6.07) is 6.38. The summed E-state index contributed by atoms with van der Waals surface area (Å²) < 4.78 is 1.84. The van der Waals surface area contributed by atoms with E-state index in [1.165, 1.54) is 10.9 Å². The molecule has 0 bridgehead atoms. The van der Waals surface area contributed by atoms with Crippen molar-refractivity contribution >= 4 is 10.9 Å². The summed E-state index contributed by atoms with van der Waals surface area (Å²) in [7, 11) is 1.94. The van der Waals surface area contributed by atoms with Crippen molar-refractivity contribution in [3.63, 3.8) is 0 Å². The van der Waals surface area contributed by atoms with Gasteiger partial charge in [0.2, 0.25) is 0 Å². The number of fused-ring (bicyclic) bond motifs is 1. The Morgan fingerprint density at radius 1 is 1.50 bits per heavy atom. The maximum absolute atomic E-state index is 5.80. The van der Waals surface area contributed by atoms with Gasteiger partial charge in [-0.05, 0) is 25.0 Å². The van der Waals surface area contributed by atoms with E-state index in [0.717, 1.165) is 11.9 Å². The van der Waals surface area contributed by atoms with Gasteiger partial charge in [0.05, 0.1) is 5.52 Å². The molecule has 2 N–H and O–H groups in total. The molecule has 0 aliphatic carbocycles. The molecule has 0 radical (unpaired) electrons. The fraction of sp³-hybridized carbons (Fsp3) is 0.364. The maximum Gasteiger partial charge on any atom is 0.0925 e. The van der Waals surface area contributed by atoms with Gasteiger partial charge in [-0.1, -0.05) is 12.1 Å². The van der Waals surface area contributed by atoms with Gasteiger partial charge >= 0.3 is 0 Å². The van der Waals surface area contributed by atoms with Gasteiger partial charge in [0.25, 0.3) is 0 Å². The van der Waals surface area contributed by atoms with Gasteiger partial charge in [0, 0.05) is 24.7 Å². The third-order valence-corrected chi connectivity index (χ3v) is 2.30. The molecule has 3 nitrogen and oxygen atoms in total. The SMILES string of the molecule is CC(N)Cc1cccc2nn(C)cc12. The number of nitrogens with zero attached hydrogens (tertiary/aromatic N) is 2. The number of aromatic nitrogens is 2. The summed E-state index contributed by atoms with van der Waals surface area (Å²) in [5.41, 5.74) is 8.12. The first-order chi connectivity index (χ1) is 6.66. The van der Waals surface area contributed by atoms with E-state index in [4.69, 9.17) is 5.73 Å². The number of nitrogens with two attached hydrogens (primary N) is 1. The smallest absolute Gasteiger partial charge is 0.0925 e. The van der Waals surface area contributed by atoms with Gasteiger partial charge in [0.1, 0.15) is 0 Å². The monoisotopic (exact) mass is 189 g/mol. The highest BCUT2D eigenvalue weighted by atomic mass is 15.2. The Labute approximate surface area is 83.5 Å². The molecule has 1 aromatic carbocycles. The molecule has 1 heterocycles. The van der Waals surface area contributed by atoms with E-state index in [9.17, 15) is 0 Å². The number of hydrogen-bond donors (Lipinski definition) is 1. The van der Waals surface area contributed by atoms with Crippen LogP contribution in [0.3, 0.4) is 0 Å². The third kappa shape index (κ3) is 1.63. The molecule has 0 fully saturated rings. The fourth-order valence-electron chi connectivity index (χ4n) is 1.75. The Balaban J connectivity index is 2.53. The highest BCUT2D eigenvalue weighted by Gasteiger charge is 2.05. The van der Waals surface area contributed by atoms with Crippen molar-refractivity contribution in [3.8, 4) is 0 Å². The maximum atomic E-state index is 5.80. The number of hydrogen-bond acceptors (Lipinski definition) is 2. The fourth-order valence-corrected chi connectivity index (χ4v) is 1.75. The van der Waals surface area contributed by atoms with Crippen LogP contribution in [0.2, 0.25) is 0 Å². The second kappa shape index (κ2) is 3.42. The summed E-state index contributed by atoms with van der Waals surface area (Å²) >= 11 is 0. The average molecular weight is 189 g/mol. The first-order valence-corrected chi connectivity index (χ1v) is 4.83. The topological polar surface area (TPSA) is 43.8 Å². The van der Waals surface area contributed by atoms with Crippen molar-refractivity contribution in [2.75, 3.05) is 0 Å². The molecule has 0 spiro atoms. The van der Waals surface area contributed by atoms with Gasteiger partial charge < -0.3 is 5.73 Å². The van der Waals surface area contributed by atoms with E-state index >= 15 is 0 Å². The van der Waals surface area contributed by atoms with Gasteiger partial charge in [-0.3, -0.25) is 4.68 Å². The zero-order valence-corrected chi connectivity index (χ0v) is 8.57. The van der Waals surface area contributed by atoms with Crippen LogP contribution < -0.4 is 5.73 Å². The van der Waals surface area contributed by atoms with Crippen LogP contribution in [0.25, 0.3) is 10.9 Å². The van der Waals surface area contributed by atoms with Crippen LogP contribution >= 0.6 is 0 Å². The highest BCUT2D eigenvalue weighted by molar-refractivity contribution is 5.81. The van der Waals surface area contributed by atoms with Crippen molar-refractivity contribution in [2.24, 2.45) is 12.8 Å². The first kappa shape index (κ1) is 9.21. The molecule has 3 heteroatoms. The summed E-state index contributed by atoms with van der Waals surface area (Å²) in [6.45, 7) is 2.02. The third-order valence-electron chi connectivity index (χ3n) is 2.30. The number of benzene rings is 1. The normalized spacial score (nSPS) is 13.4. The van der Waals surface area contributed by atoms with E-state index in [1.807, 2.05) is 37.0 Å². The summed E-state index contributed by atoms with van der Waals surface area (Å²) in [6.07, 6.45) is 2.95. The van der Waals surface area contributed by atoms with Crippen molar-refractivity contribution < 1.29 is 0 Å². The number of rotatable bonds is 2. The van der Waals surface area contributed by atoms with Gasteiger partial charge in [-0.15, -0.1) is 0 Å². The van der Waals surface area contributed by atoms with Crippen LogP contribution in [0.5, 0.6) is 0 Å². The van der Waals surface area contributed by atoms with Crippen LogP contribution in [0.1, 0.15) is 12.5 Å². The van der Waals surface area contributed by atoms with E-state index in [2.05, 4.69) is 11.2 Å². The molecule has 0 aliphatic rings. The Kier molecular flexibility index (Phi) is 2.25. The largest absolute Gasteiger partial charge is 0.328 e. The summed E-state index contributed by atoms with van der Waals surface area (Å²) in [5, 5.41) is 5.57. The molecule has 1 aromatic heterocycles. The average Bonchev–Trinajstić information content (AvgIpc) is 2.45. The molecule has 1 atom stereocenters. The summed E-state index contributed by atoms with van der Waals surface area (Å²) in [5.74, 6) is 0. The first-order valence-electron chi connectivity index (χ1n) is 4.83. The quantitative estimate of drug-likeness (QED) is 0.777. The lowest BCUT2D eigenvalue weighted by Gasteiger charge is -2.05. The molecule has 0 saturated heterocycles. The van der Waals surface area contributed by atoms with Gasteiger partial charge in [0.15, 0.2) is 0 Å². The van der Waals surface area contributed by atoms with Crippen LogP contribution in [-0.4, -0.2) is 15.8 Å². The Morgan fingerprint density at radius 2 is 2.29 bits per heavy atom. The standard InChI is InChI=1S/C11H15N3/c1-8(12)6-9-4-3-5-11-10(9)7-14(2)13-11/h3-5,7-8H,6,12H2,1-2H3. The van der Waals surface area contributed by atoms with E-state index < -0.39 is 0 Å². The second-order valence-electron chi connectivity index (χ2n) is 3.83. The predicted octanol–water partition coefficient (Wildman–Crippen LogP) is 1.46. The molecule has 2 aromatic rings. The molecule has 1 unspecified atom stereocenters. The Bertz CT molecular complexity index is 443. The van der Waals surface area contributed by atoms with E-state index in [-0.39, 0.29) is 6.04 Å². The molecule has 2 rings (SSSR count). The van der Waals surface area contributed by atoms with Crippen molar-refractivity contribution in [2.45, 2.75) is 19.4 Å². The van der Waals surface area contributed by atoms with Crippen molar-refractivity contribution in [1.82, 2.24) is 9.78 Å². The minimum Gasteiger partial charge on any atom is -0.328 e. The molecule has 0 aliphatic heterocycles. The lowest BCUT2D eigenvalue weighted by molar-refractivity contribution is 0.741. The molecular formula is C11H15N3. The van der Waals surface area contributed by atoms with Crippen LogP contribution in [0.4, 0.5) is 0 Å². The molecular weight excluding hydrogens is 174 g/mol. The lowest BCUT2D eigenvalue weighted by Crippen LogP contribution is -2.17. The molecule has 14 heavy (non-hydrogen) atoms. The zero-order chi connectivity index (χ0) is 10.1. The Hall–Kier alpha value is -1.35. The van der Waals surface area contributed by atoms with Gasteiger partial charge in [-0.2, -0.15) is 5.10 Å². The minimum absolute atomic E-state index is 0.195. The van der Waals surface area contributed by atoms with Crippen molar-refractivity contribution in [1.29, 1.82) is 0 Å². The van der Waals surface area contributed by atoms with Crippen molar-refractivity contribution in [3.05, 3.63) is 30.0 Å². The summed E-state index contributed by atoms with van der Waals surface area (Å²) in [4.78, 5) is 0. The molecule has 74 valence electrons. The van der Waals surface area contributed by atoms with Crippen LogP contribution in [-0.2, 0) is 13.5 Å². The number of aryl methyl sites for hydroxylation is 1. The Morgan fingerprint density at radius 3 is 3.00 bits per heavy atom. The van der Waals surface area contributed by atoms with Gasteiger partial charge in [-0.25, -0.2) is 0 Å². The minimum atomic E-state index is 0.195. The van der Waals surface area contributed by atoms with E-state index in [0.29, 0.717) is 0 Å². The van der Waals surface area contributed by atoms with Crippen LogP contribution in [0.15, 0.2) is 24.4 Å². The van der Waals surface area contributed by atoms with Crippen LogP contribution in [0, 0.1) is 0 Å². The zero-order valence-electron chi connectivity index (χ0n) is 8.57. The predicted molar refractivity (Wildman–Crippen MR) is 58.1 cm³/mol. The second-order valence-corrected chi connectivity index (χ2v) is 3.83. The molecule has 0 saturated carbocycles. The molecule has 0 amide bonds. The highest BCUT2D eigenvalue weighted by Crippen LogP contribution is 2.17.